The lowest BCUT2D eigenvalue weighted by atomic mass is 10.0. The molecule has 2 fully saturated rings. The SMILES string of the molecule is NC1CC(N)CN(c2nc(Nc3ccc(NC(=O)c4c(O)ccc5ccccc45)cc3)nc(N3CC(N)CC(N)C3)n2)C1. The molecule has 2 aliphatic heterocycles. The maximum absolute atomic E-state index is 13.1. The molecule has 4 atom stereocenters. The van der Waals surface area contributed by atoms with Gasteiger partial charge in [0.1, 0.15) is 5.75 Å². The molecular weight excluding hydrogens is 546 g/mol. The molecule has 4 aromatic rings. The third kappa shape index (κ3) is 6.44. The van der Waals surface area contributed by atoms with Gasteiger partial charge in [0.2, 0.25) is 17.8 Å². The second kappa shape index (κ2) is 12.0. The molecule has 4 unspecified atom stereocenters. The van der Waals surface area contributed by atoms with Crippen LogP contribution in [-0.4, -0.2) is 76.3 Å². The summed E-state index contributed by atoms with van der Waals surface area (Å²) in [6.07, 6.45) is 1.47. The smallest absolute Gasteiger partial charge is 0.260 e. The molecule has 1 aromatic heterocycles. The van der Waals surface area contributed by atoms with Crippen molar-refractivity contribution in [2.45, 2.75) is 37.0 Å². The third-order valence-electron chi connectivity index (χ3n) is 7.74. The molecular formula is C30H37N11O2. The van der Waals surface area contributed by atoms with Gasteiger partial charge < -0.3 is 48.5 Å². The van der Waals surface area contributed by atoms with E-state index in [1.807, 2.05) is 34.1 Å². The van der Waals surface area contributed by atoms with E-state index in [0.717, 1.165) is 18.2 Å². The van der Waals surface area contributed by atoms with Gasteiger partial charge in [-0.1, -0.05) is 30.3 Å². The van der Waals surface area contributed by atoms with Gasteiger partial charge in [-0.15, -0.1) is 0 Å². The predicted octanol–water partition coefficient (Wildman–Crippen LogP) is 1.46. The molecule has 11 N–H and O–H groups in total. The molecule has 0 saturated carbocycles. The highest BCUT2D eigenvalue weighted by Crippen LogP contribution is 2.29. The Morgan fingerprint density at radius 2 is 1.26 bits per heavy atom. The van der Waals surface area contributed by atoms with Crippen LogP contribution < -0.4 is 43.4 Å². The van der Waals surface area contributed by atoms with Crippen LogP contribution in [0.4, 0.5) is 29.2 Å². The molecule has 6 rings (SSSR count). The molecule has 224 valence electrons. The number of hydrogen-bond donors (Lipinski definition) is 7. The van der Waals surface area contributed by atoms with E-state index in [1.165, 1.54) is 6.07 Å². The summed E-state index contributed by atoms with van der Waals surface area (Å²) >= 11 is 0. The summed E-state index contributed by atoms with van der Waals surface area (Å²) in [5.74, 6) is 0.812. The number of amides is 1. The standard InChI is InChI=1S/C30H37N11O2/c31-18-11-19(32)14-40(13-18)29-37-28(38-30(39-29)41-15-20(33)12-21(34)16-41)36-23-8-6-22(7-9-23)35-27(43)26-24-4-2-1-3-17(24)5-10-25(26)42/h1-10,18-21,42H,11-16,31-34H2,(H,35,43)(H,36,37,38,39). The van der Waals surface area contributed by atoms with Crippen LogP contribution in [0.1, 0.15) is 23.2 Å². The first-order chi connectivity index (χ1) is 20.7. The van der Waals surface area contributed by atoms with E-state index in [1.54, 1.807) is 30.3 Å². The summed E-state index contributed by atoms with van der Waals surface area (Å²) in [5.41, 5.74) is 26.5. The fraction of sp³-hybridized carbons (Fsp3) is 0.333. The van der Waals surface area contributed by atoms with E-state index < -0.39 is 5.91 Å². The Bertz CT molecular complexity index is 1550. The Kier molecular flexibility index (Phi) is 7.95. The number of nitrogens with one attached hydrogen (secondary N) is 2. The van der Waals surface area contributed by atoms with Crippen LogP contribution in [0.3, 0.4) is 0 Å². The number of aromatic nitrogens is 3. The lowest BCUT2D eigenvalue weighted by molar-refractivity contribution is 0.102. The van der Waals surface area contributed by atoms with Gasteiger partial charge in [0.25, 0.3) is 5.91 Å². The Morgan fingerprint density at radius 3 is 1.84 bits per heavy atom. The van der Waals surface area contributed by atoms with Crippen molar-refractivity contribution >= 4 is 45.9 Å². The highest BCUT2D eigenvalue weighted by atomic mass is 16.3. The minimum Gasteiger partial charge on any atom is -0.507 e. The first-order valence-electron chi connectivity index (χ1n) is 14.4. The van der Waals surface area contributed by atoms with Crippen molar-refractivity contribution in [3.05, 3.63) is 66.2 Å². The normalized spacial score (nSPS) is 22.4. The number of nitrogens with zero attached hydrogens (tertiary/aromatic N) is 5. The van der Waals surface area contributed by atoms with E-state index in [9.17, 15) is 9.90 Å². The molecule has 0 spiro atoms. The van der Waals surface area contributed by atoms with Crippen molar-refractivity contribution in [2.75, 3.05) is 46.6 Å². The summed E-state index contributed by atoms with van der Waals surface area (Å²) in [7, 11) is 0. The molecule has 1 amide bonds. The van der Waals surface area contributed by atoms with Crippen LogP contribution in [0.5, 0.6) is 5.75 Å². The molecule has 0 radical (unpaired) electrons. The number of rotatable bonds is 6. The number of carbonyl (C=O) groups is 1. The summed E-state index contributed by atoms with van der Waals surface area (Å²) in [4.78, 5) is 31.3. The zero-order valence-corrected chi connectivity index (χ0v) is 23.7. The molecule has 3 heterocycles. The number of anilines is 5. The minimum absolute atomic E-state index is 0.0813. The predicted molar refractivity (Wildman–Crippen MR) is 169 cm³/mol. The largest absolute Gasteiger partial charge is 0.507 e. The fourth-order valence-corrected chi connectivity index (χ4v) is 5.83. The number of phenolic OH excluding ortho intramolecular Hbond substituents is 1. The first-order valence-corrected chi connectivity index (χ1v) is 14.4. The van der Waals surface area contributed by atoms with Gasteiger partial charge >= 0.3 is 0 Å². The highest BCUT2D eigenvalue weighted by Gasteiger charge is 2.29. The van der Waals surface area contributed by atoms with Gasteiger partial charge in [0.15, 0.2) is 0 Å². The van der Waals surface area contributed by atoms with Crippen LogP contribution in [0.15, 0.2) is 60.7 Å². The van der Waals surface area contributed by atoms with Crippen molar-refractivity contribution in [2.24, 2.45) is 22.9 Å². The van der Waals surface area contributed by atoms with Crippen molar-refractivity contribution in [1.82, 2.24) is 15.0 Å². The van der Waals surface area contributed by atoms with E-state index >= 15 is 0 Å². The number of piperidine rings is 2. The molecule has 43 heavy (non-hydrogen) atoms. The number of carbonyl (C=O) groups excluding carboxylic acids is 1. The van der Waals surface area contributed by atoms with Gasteiger partial charge in [-0.25, -0.2) is 0 Å². The van der Waals surface area contributed by atoms with Crippen molar-refractivity contribution in [3.63, 3.8) is 0 Å². The van der Waals surface area contributed by atoms with E-state index in [-0.39, 0.29) is 35.5 Å². The maximum Gasteiger partial charge on any atom is 0.260 e. The van der Waals surface area contributed by atoms with Gasteiger partial charge in [-0.05, 0) is 53.9 Å². The topological polar surface area (TPSA) is 211 Å². The van der Waals surface area contributed by atoms with Crippen molar-refractivity contribution < 1.29 is 9.90 Å². The third-order valence-corrected chi connectivity index (χ3v) is 7.74. The highest BCUT2D eigenvalue weighted by molar-refractivity contribution is 6.14. The second-order valence-corrected chi connectivity index (χ2v) is 11.4. The average molecular weight is 584 g/mol. The van der Waals surface area contributed by atoms with Crippen LogP contribution in [0, 0.1) is 0 Å². The maximum atomic E-state index is 13.1. The Labute approximate surface area is 249 Å². The number of fused-ring (bicyclic) bond motifs is 1. The zero-order chi connectivity index (χ0) is 30.1. The van der Waals surface area contributed by atoms with Crippen LogP contribution in [-0.2, 0) is 0 Å². The Hall–Kier alpha value is -4.56. The molecule has 2 saturated heterocycles. The van der Waals surface area contributed by atoms with Crippen LogP contribution in [0.25, 0.3) is 10.8 Å². The Morgan fingerprint density at radius 1 is 0.721 bits per heavy atom. The number of nitrogens with two attached hydrogens (primary N) is 4. The van der Waals surface area contributed by atoms with Crippen molar-refractivity contribution in [1.29, 1.82) is 0 Å². The van der Waals surface area contributed by atoms with Gasteiger partial charge in [-0.2, -0.15) is 15.0 Å². The zero-order valence-electron chi connectivity index (χ0n) is 23.7. The van der Waals surface area contributed by atoms with E-state index in [4.69, 9.17) is 37.9 Å². The summed E-state index contributed by atoms with van der Waals surface area (Å²) in [5, 5.41) is 18.1. The van der Waals surface area contributed by atoms with Gasteiger partial charge in [0.05, 0.1) is 5.56 Å². The van der Waals surface area contributed by atoms with Crippen LogP contribution in [0.2, 0.25) is 0 Å². The quantitative estimate of drug-likeness (QED) is 0.172. The van der Waals surface area contributed by atoms with Crippen molar-refractivity contribution in [3.8, 4) is 5.75 Å². The number of aromatic hydroxyl groups is 1. The molecule has 13 heteroatoms. The summed E-state index contributed by atoms with van der Waals surface area (Å²) in [6, 6.07) is 17.5. The summed E-state index contributed by atoms with van der Waals surface area (Å²) < 4.78 is 0. The lowest BCUT2D eigenvalue weighted by Gasteiger charge is -2.37. The second-order valence-electron chi connectivity index (χ2n) is 11.4. The first kappa shape index (κ1) is 28.6. The molecule has 0 bridgehead atoms. The summed E-state index contributed by atoms with van der Waals surface area (Å²) in [6.45, 7) is 2.32. The average Bonchev–Trinajstić information content (AvgIpc) is 2.97. The number of phenols is 1. The van der Waals surface area contributed by atoms with E-state index in [0.29, 0.717) is 60.8 Å². The molecule has 13 nitrogen and oxygen atoms in total. The fourth-order valence-electron chi connectivity index (χ4n) is 5.83. The Balaban J connectivity index is 1.23. The lowest BCUT2D eigenvalue weighted by Crippen LogP contribution is -2.54. The molecule has 2 aliphatic rings. The minimum atomic E-state index is -0.405. The van der Waals surface area contributed by atoms with Crippen LogP contribution >= 0.6 is 0 Å². The van der Waals surface area contributed by atoms with Gasteiger partial charge in [-0.3, -0.25) is 4.79 Å². The molecule has 0 aliphatic carbocycles. The van der Waals surface area contributed by atoms with E-state index in [2.05, 4.69) is 10.6 Å². The number of benzene rings is 3. The molecule has 3 aromatic carbocycles. The monoisotopic (exact) mass is 583 g/mol. The van der Waals surface area contributed by atoms with Gasteiger partial charge in [0, 0.05) is 61.7 Å². The number of hydrogen-bond acceptors (Lipinski definition) is 12.